The molecule has 2 aromatic rings. The lowest BCUT2D eigenvalue weighted by atomic mass is 10.2. The van der Waals surface area contributed by atoms with Gasteiger partial charge in [0.2, 0.25) is 0 Å². The minimum Gasteiger partial charge on any atom is -0.491 e. The predicted octanol–water partition coefficient (Wildman–Crippen LogP) is 5.13. The van der Waals surface area contributed by atoms with E-state index in [1.165, 1.54) is 0 Å². The first-order valence-electron chi connectivity index (χ1n) is 6.92. The zero-order valence-electron chi connectivity index (χ0n) is 11.9. The van der Waals surface area contributed by atoms with E-state index in [0.717, 1.165) is 35.0 Å². The van der Waals surface area contributed by atoms with Crippen LogP contribution in [0.15, 0.2) is 48.5 Å². The number of rotatable bonds is 6. The van der Waals surface area contributed by atoms with E-state index in [0.29, 0.717) is 0 Å². The lowest BCUT2D eigenvalue weighted by Crippen LogP contribution is -2.09. The minimum atomic E-state index is 0.234. The Hall–Kier alpha value is -1.67. The molecular weight excluding hydrogens is 270 g/mol. The van der Waals surface area contributed by atoms with Crippen LogP contribution in [0.1, 0.15) is 25.8 Å². The molecule has 1 N–H and O–H groups in total. The first kappa shape index (κ1) is 14.7. The van der Waals surface area contributed by atoms with E-state index >= 15 is 0 Å². The Morgan fingerprint density at radius 3 is 2.70 bits per heavy atom. The molecule has 0 bridgehead atoms. The highest BCUT2D eigenvalue weighted by Crippen LogP contribution is 2.20. The largest absolute Gasteiger partial charge is 0.491 e. The molecule has 0 amide bonds. The van der Waals surface area contributed by atoms with Crippen molar-refractivity contribution in [2.75, 3.05) is 5.32 Å². The van der Waals surface area contributed by atoms with Gasteiger partial charge in [0.1, 0.15) is 5.75 Å². The smallest absolute Gasteiger partial charge is 0.121 e. The van der Waals surface area contributed by atoms with Gasteiger partial charge in [-0.3, -0.25) is 0 Å². The molecule has 106 valence electrons. The Kier molecular flexibility index (Phi) is 5.31. The quantitative estimate of drug-likeness (QED) is 0.796. The fraction of sp³-hybridized carbons (Fsp3) is 0.294. The van der Waals surface area contributed by atoms with E-state index in [1.807, 2.05) is 42.5 Å². The molecule has 0 saturated carbocycles. The average Bonchev–Trinajstić information content (AvgIpc) is 2.45. The van der Waals surface area contributed by atoms with Crippen molar-refractivity contribution in [3.63, 3.8) is 0 Å². The predicted molar refractivity (Wildman–Crippen MR) is 85.6 cm³/mol. The summed E-state index contributed by atoms with van der Waals surface area (Å²) in [5, 5.41) is 4.14. The van der Waals surface area contributed by atoms with Crippen molar-refractivity contribution in [2.24, 2.45) is 0 Å². The van der Waals surface area contributed by atoms with Gasteiger partial charge in [-0.2, -0.15) is 0 Å². The zero-order valence-corrected chi connectivity index (χ0v) is 12.7. The molecule has 0 aliphatic heterocycles. The lowest BCUT2D eigenvalue weighted by molar-refractivity contribution is 0.217. The Labute approximate surface area is 125 Å². The number of ether oxygens (including phenoxy) is 1. The maximum Gasteiger partial charge on any atom is 0.121 e. The van der Waals surface area contributed by atoms with Gasteiger partial charge in [0.15, 0.2) is 0 Å². The molecule has 0 fully saturated rings. The fourth-order valence-corrected chi connectivity index (χ4v) is 2.06. The molecule has 2 nitrogen and oxygen atoms in total. The van der Waals surface area contributed by atoms with Crippen LogP contribution in [-0.2, 0) is 6.54 Å². The molecule has 0 aliphatic carbocycles. The Balaban J connectivity index is 1.97. The van der Waals surface area contributed by atoms with Crippen LogP contribution < -0.4 is 10.1 Å². The summed E-state index contributed by atoms with van der Waals surface area (Å²) in [4.78, 5) is 0. The normalized spacial score (nSPS) is 11.9. The number of nitrogens with one attached hydrogen (secondary N) is 1. The molecule has 0 aromatic heterocycles. The van der Waals surface area contributed by atoms with Crippen molar-refractivity contribution in [2.45, 2.75) is 32.9 Å². The third-order valence-corrected chi connectivity index (χ3v) is 3.37. The van der Waals surface area contributed by atoms with Gasteiger partial charge < -0.3 is 10.1 Å². The van der Waals surface area contributed by atoms with Crippen LogP contribution in [0.2, 0.25) is 5.02 Å². The number of hydrogen-bond acceptors (Lipinski definition) is 2. The first-order chi connectivity index (χ1) is 9.67. The summed E-state index contributed by atoms with van der Waals surface area (Å²) in [6.45, 7) is 4.94. The molecule has 0 radical (unpaired) electrons. The van der Waals surface area contributed by atoms with E-state index in [2.05, 4.69) is 25.2 Å². The van der Waals surface area contributed by atoms with Gasteiger partial charge >= 0.3 is 0 Å². The Morgan fingerprint density at radius 1 is 1.15 bits per heavy atom. The van der Waals surface area contributed by atoms with E-state index in [4.69, 9.17) is 16.3 Å². The molecule has 0 spiro atoms. The van der Waals surface area contributed by atoms with E-state index in [-0.39, 0.29) is 6.10 Å². The van der Waals surface area contributed by atoms with Crippen LogP contribution in [0.3, 0.4) is 0 Å². The summed E-state index contributed by atoms with van der Waals surface area (Å²) < 4.78 is 5.81. The van der Waals surface area contributed by atoms with Gasteiger partial charge in [0, 0.05) is 23.3 Å². The maximum atomic E-state index is 5.98. The van der Waals surface area contributed by atoms with Crippen LogP contribution in [0.25, 0.3) is 0 Å². The third-order valence-electron chi connectivity index (χ3n) is 3.13. The lowest BCUT2D eigenvalue weighted by Gasteiger charge is -2.14. The molecule has 2 aromatic carbocycles. The highest BCUT2D eigenvalue weighted by Gasteiger charge is 2.02. The first-order valence-corrected chi connectivity index (χ1v) is 7.30. The molecule has 2 rings (SSSR count). The van der Waals surface area contributed by atoms with Crippen molar-refractivity contribution in [1.29, 1.82) is 0 Å². The molecule has 20 heavy (non-hydrogen) atoms. The fourth-order valence-electron chi connectivity index (χ4n) is 1.85. The van der Waals surface area contributed by atoms with Crippen LogP contribution >= 0.6 is 11.6 Å². The van der Waals surface area contributed by atoms with Crippen LogP contribution in [0.4, 0.5) is 5.69 Å². The number of benzene rings is 2. The summed E-state index contributed by atoms with van der Waals surface area (Å²) in [5.74, 6) is 0.899. The van der Waals surface area contributed by atoms with E-state index in [9.17, 15) is 0 Å². The highest BCUT2D eigenvalue weighted by molar-refractivity contribution is 6.30. The van der Waals surface area contributed by atoms with Crippen LogP contribution in [-0.4, -0.2) is 6.10 Å². The SMILES string of the molecule is CCC(C)Oc1cccc(NCc2cccc(Cl)c2)c1. The van der Waals surface area contributed by atoms with Gasteiger partial charge in [0.05, 0.1) is 6.10 Å². The summed E-state index contributed by atoms with van der Waals surface area (Å²) in [7, 11) is 0. The molecule has 1 unspecified atom stereocenters. The average molecular weight is 290 g/mol. The standard InChI is InChI=1S/C17H20ClNO/c1-3-13(2)20-17-9-5-8-16(11-17)19-12-14-6-4-7-15(18)10-14/h4-11,13,19H,3,12H2,1-2H3. The maximum absolute atomic E-state index is 5.98. The molecular formula is C17H20ClNO. The minimum absolute atomic E-state index is 0.234. The highest BCUT2D eigenvalue weighted by atomic mass is 35.5. The van der Waals surface area contributed by atoms with Gasteiger partial charge in [-0.05, 0) is 43.2 Å². The second-order valence-electron chi connectivity index (χ2n) is 4.85. The zero-order chi connectivity index (χ0) is 14.4. The number of hydrogen-bond donors (Lipinski definition) is 1. The monoisotopic (exact) mass is 289 g/mol. The van der Waals surface area contributed by atoms with Gasteiger partial charge in [-0.25, -0.2) is 0 Å². The molecule has 0 saturated heterocycles. The van der Waals surface area contributed by atoms with Crippen molar-refractivity contribution < 1.29 is 4.74 Å². The molecule has 0 heterocycles. The third kappa shape index (κ3) is 4.46. The summed E-state index contributed by atoms with van der Waals surface area (Å²) >= 11 is 5.98. The summed E-state index contributed by atoms with van der Waals surface area (Å²) in [5.41, 5.74) is 2.21. The topological polar surface area (TPSA) is 21.3 Å². The second-order valence-corrected chi connectivity index (χ2v) is 5.28. The van der Waals surface area contributed by atoms with E-state index < -0.39 is 0 Å². The second kappa shape index (κ2) is 7.20. The Morgan fingerprint density at radius 2 is 1.95 bits per heavy atom. The Bertz CT molecular complexity index is 556. The van der Waals surface area contributed by atoms with Crippen molar-refractivity contribution in [3.8, 4) is 5.75 Å². The van der Waals surface area contributed by atoms with Crippen LogP contribution in [0, 0.1) is 0 Å². The van der Waals surface area contributed by atoms with Crippen molar-refractivity contribution in [3.05, 3.63) is 59.1 Å². The van der Waals surface area contributed by atoms with Gasteiger partial charge in [-0.1, -0.05) is 36.7 Å². The summed E-state index contributed by atoms with van der Waals surface area (Å²) in [6, 6.07) is 15.9. The molecule has 0 aliphatic rings. The van der Waals surface area contributed by atoms with Gasteiger partial charge in [0.25, 0.3) is 0 Å². The van der Waals surface area contributed by atoms with Crippen molar-refractivity contribution in [1.82, 2.24) is 0 Å². The molecule has 3 heteroatoms. The molecule has 1 atom stereocenters. The van der Waals surface area contributed by atoms with Crippen molar-refractivity contribution >= 4 is 17.3 Å². The van der Waals surface area contributed by atoms with Crippen LogP contribution in [0.5, 0.6) is 5.75 Å². The summed E-state index contributed by atoms with van der Waals surface area (Å²) in [6.07, 6.45) is 1.23. The van der Waals surface area contributed by atoms with E-state index in [1.54, 1.807) is 0 Å². The number of anilines is 1. The number of halogens is 1. The van der Waals surface area contributed by atoms with Gasteiger partial charge in [-0.15, -0.1) is 0 Å².